The zero-order chi connectivity index (χ0) is 11.7. The van der Waals surface area contributed by atoms with Crippen molar-refractivity contribution in [2.45, 2.75) is 12.8 Å². The summed E-state index contributed by atoms with van der Waals surface area (Å²) in [6.45, 7) is 0. The molecular formula is C14H14OS2. The summed E-state index contributed by atoms with van der Waals surface area (Å²) in [5.41, 5.74) is 1.22. The molecule has 0 radical (unpaired) electrons. The molecule has 0 spiro atoms. The Morgan fingerprint density at radius 1 is 1.35 bits per heavy atom. The molecular weight excluding hydrogens is 248 g/mol. The molecule has 88 valence electrons. The van der Waals surface area contributed by atoms with Crippen molar-refractivity contribution in [3.05, 3.63) is 35.2 Å². The minimum absolute atomic E-state index is 0.304. The topological polar surface area (TPSA) is 17.1 Å². The Balaban J connectivity index is 1.82. The van der Waals surface area contributed by atoms with Crippen molar-refractivity contribution in [1.29, 1.82) is 0 Å². The van der Waals surface area contributed by atoms with Gasteiger partial charge in [0.2, 0.25) is 0 Å². The first kappa shape index (κ1) is 11.3. The van der Waals surface area contributed by atoms with Gasteiger partial charge in [-0.25, -0.2) is 0 Å². The lowest BCUT2D eigenvalue weighted by Gasteiger charge is -2.06. The Morgan fingerprint density at radius 2 is 2.24 bits per heavy atom. The average molecular weight is 262 g/mol. The van der Waals surface area contributed by atoms with Gasteiger partial charge in [0.05, 0.1) is 0 Å². The van der Waals surface area contributed by atoms with Crippen LogP contribution < -0.4 is 0 Å². The molecule has 17 heavy (non-hydrogen) atoms. The predicted molar refractivity (Wildman–Crippen MR) is 76.0 cm³/mol. The van der Waals surface area contributed by atoms with Crippen LogP contribution in [0.1, 0.15) is 12.0 Å². The third-order valence-corrected chi connectivity index (χ3v) is 5.49. The van der Waals surface area contributed by atoms with Crippen molar-refractivity contribution in [3.63, 3.8) is 0 Å². The second-order valence-electron chi connectivity index (χ2n) is 4.46. The Hall–Kier alpha value is -0.800. The SMILES string of the molecule is O=C(Cc1csc2ccccc12)C1CCSC1. The first-order chi connectivity index (χ1) is 8.34. The van der Waals surface area contributed by atoms with Gasteiger partial charge < -0.3 is 0 Å². The molecule has 1 nitrogen and oxygen atoms in total. The summed E-state index contributed by atoms with van der Waals surface area (Å²) in [7, 11) is 0. The number of rotatable bonds is 3. The van der Waals surface area contributed by atoms with Crippen LogP contribution in [0.25, 0.3) is 10.1 Å². The molecule has 1 saturated heterocycles. The van der Waals surface area contributed by atoms with E-state index in [1.54, 1.807) is 11.3 Å². The van der Waals surface area contributed by atoms with Crippen molar-refractivity contribution in [2.75, 3.05) is 11.5 Å². The van der Waals surface area contributed by atoms with Gasteiger partial charge in [-0.1, -0.05) is 18.2 Å². The van der Waals surface area contributed by atoms with E-state index >= 15 is 0 Å². The molecule has 1 atom stereocenters. The van der Waals surface area contributed by atoms with Crippen LogP contribution in [0.2, 0.25) is 0 Å². The number of thioether (sulfide) groups is 1. The minimum atomic E-state index is 0.304. The Labute approximate surface area is 109 Å². The monoisotopic (exact) mass is 262 g/mol. The molecule has 1 fully saturated rings. The first-order valence-corrected chi connectivity index (χ1v) is 7.93. The van der Waals surface area contributed by atoms with Gasteiger partial charge >= 0.3 is 0 Å². The number of hydrogen-bond donors (Lipinski definition) is 0. The summed E-state index contributed by atoms with van der Waals surface area (Å²) in [5, 5.41) is 3.40. The average Bonchev–Trinajstić information content (AvgIpc) is 2.98. The zero-order valence-electron chi connectivity index (χ0n) is 9.52. The van der Waals surface area contributed by atoms with E-state index in [0.29, 0.717) is 18.1 Å². The number of Topliss-reactive ketones (excluding diaryl/α,β-unsaturated/α-hetero) is 1. The van der Waals surface area contributed by atoms with E-state index < -0.39 is 0 Å². The van der Waals surface area contributed by atoms with Gasteiger partial charge in [0.25, 0.3) is 0 Å². The summed E-state index contributed by atoms with van der Waals surface area (Å²) in [6, 6.07) is 8.35. The van der Waals surface area contributed by atoms with Crippen molar-refractivity contribution in [1.82, 2.24) is 0 Å². The number of thiophene rings is 1. The highest BCUT2D eigenvalue weighted by Crippen LogP contribution is 2.29. The normalized spacial score (nSPS) is 19.9. The van der Waals surface area contributed by atoms with Crippen LogP contribution in [0.5, 0.6) is 0 Å². The molecule has 2 aromatic rings. The fourth-order valence-electron chi connectivity index (χ4n) is 2.29. The highest BCUT2D eigenvalue weighted by Gasteiger charge is 2.23. The van der Waals surface area contributed by atoms with Crippen LogP contribution in [0, 0.1) is 5.92 Å². The number of carbonyl (C=O) groups is 1. The third kappa shape index (κ3) is 2.26. The van der Waals surface area contributed by atoms with Gasteiger partial charge in [-0.2, -0.15) is 11.8 Å². The maximum absolute atomic E-state index is 12.1. The van der Waals surface area contributed by atoms with Crippen molar-refractivity contribution >= 4 is 39.0 Å². The summed E-state index contributed by atoms with van der Waals surface area (Å²) in [5.74, 6) is 2.92. The molecule has 1 aromatic heterocycles. The molecule has 3 rings (SSSR count). The smallest absolute Gasteiger partial charge is 0.141 e. The van der Waals surface area contributed by atoms with Gasteiger partial charge in [-0.05, 0) is 34.6 Å². The van der Waals surface area contributed by atoms with Gasteiger partial charge in [-0.15, -0.1) is 11.3 Å². The van der Waals surface area contributed by atoms with E-state index in [0.717, 1.165) is 17.9 Å². The number of hydrogen-bond acceptors (Lipinski definition) is 3. The highest BCUT2D eigenvalue weighted by molar-refractivity contribution is 7.99. The Bertz CT molecular complexity index is 538. The molecule has 0 N–H and O–H groups in total. The minimum Gasteiger partial charge on any atom is -0.299 e. The van der Waals surface area contributed by atoms with Gasteiger partial charge in [0, 0.05) is 22.8 Å². The van der Waals surface area contributed by atoms with E-state index in [4.69, 9.17) is 0 Å². The number of fused-ring (bicyclic) bond motifs is 1. The highest BCUT2D eigenvalue weighted by atomic mass is 32.2. The lowest BCUT2D eigenvalue weighted by molar-refractivity contribution is -0.121. The van der Waals surface area contributed by atoms with Gasteiger partial charge in [0.1, 0.15) is 5.78 Å². The maximum atomic E-state index is 12.1. The maximum Gasteiger partial charge on any atom is 0.141 e. The molecule has 1 aromatic carbocycles. The van der Waals surface area contributed by atoms with Gasteiger partial charge in [0.15, 0.2) is 0 Å². The second kappa shape index (κ2) is 4.83. The van der Waals surface area contributed by atoms with Crippen LogP contribution in [0.3, 0.4) is 0 Å². The van der Waals surface area contributed by atoms with Crippen LogP contribution >= 0.6 is 23.1 Å². The molecule has 0 amide bonds. The zero-order valence-corrected chi connectivity index (χ0v) is 11.2. The van der Waals surface area contributed by atoms with Crippen molar-refractivity contribution < 1.29 is 4.79 Å². The fourth-order valence-corrected chi connectivity index (χ4v) is 4.51. The molecule has 0 bridgehead atoms. The van der Waals surface area contributed by atoms with Crippen LogP contribution in [-0.2, 0) is 11.2 Å². The third-order valence-electron chi connectivity index (χ3n) is 3.31. The largest absolute Gasteiger partial charge is 0.299 e. The molecule has 2 heterocycles. The summed E-state index contributed by atoms with van der Waals surface area (Å²) in [4.78, 5) is 12.1. The molecule has 0 saturated carbocycles. The molecule has 3 heteroatoms. The molecule has 1 aliphatic heterocycles. The number of ketones is 1. The quantitative estimate of drug-likeness (QED) is 0.837. The van der Waals surface area contributed by atoms with Crippen LogP contribution in [0.4, 0.5) is 0 Å². The van der Waals surface area contributed by atoms with Crippen LogP contribution in [0.15, 0.2) is 29.6 Å². The standard InChI is InChI=1S/C14H14OS2/c15-13(10-5-6-16-8-10)7-11-9-17-14-4-2-1-3-12(11)14/h1-4,9-10H,5-8H2. The van der Waals surface area contributed by atoms with Crippen molar-refractivity contribution in [3.8, 4) is 0 Å². The van der Waals surface area contributed by atoms with Crippen molar-refractivity contribution in [2.24, 2.45) is 5.92 Å². The summed E-state index contributed by atoms with van der Waals surface area (Å²) >= 11 is 3.65. The van der Waals surface area contributed by atoms with E-state index in [1.807, 2.05) is 11.8 Å². The lowest BCUT2D eigenvalue weighted by atomic mass is 9.97. The Kier molecular flexibility index (Phi) is 3.21. The number of carbonyl (C=O) groups excluding carboxylic acids is 1. The van der Waals surface area contributed by atoms with Gasteiger partial charge in [-0.3, -0.25) is 4.79 Å². The van der Waals surface area contributed by atoms with E-state index in [1.165, 1.54) is 15.6 Å². The molecule has 1 aliphatic rings. The van der Waals surface area contributed by atoms with E-state index in [2.05, 4.69) is 29.6 Å². The second-order valence-corrected chi connectivity index (χ2v) is 6.52. The summed E-state index contributed by atoms with van der Waals surface area (Å²) < 4.78 is 1.29. The lowest BCUT2D eigenvalue weighted by Crippen LogP contribution is -2.15. The molecule has 1 unspecified atom stereocenters. The number of benzene rings is 1. The first-order valence-electron chi connectivity index (χ1n) is 5.90. The molecule has 0 aliphatic carbocycles. The van der Waals surface area contributed by atoms with Crippen LogP contribution in [-0.4, -0.2) is 17.3 Å². The van der Waals surface area contributed by atoms with E-state index in [9.17, 15) is 4.79 Å². The predicted octanol–water partition coefficient (Wildman–Crippen LogP) is 3.77. The Morgan fingerprint density at radius 3 is 3.06 bits per heavy atom. The van der Waals surface area contributed by atoms with E-state index in [-0.39, 0.29) is 0 Å². The summed E-state index contributed by atoms with van der Waals surface area (Å²) in [6.07, 6.45) is 1.70. The fraction of sp³-hybridized carbons (Fsp3) is 0.357.